The lowest BCUT2D eigenvalue weighted by atomic mass is 9.85. The Hall–Kier alpha value is -3.64. The summed E-state index contributed by atoms with van der Waals surface area (Å²) >= 11 is 6.08. The van der Waals surface area contributed by atoms with Crippen molar-refractivity contribution < 1.29 is 29.3 Å². The molecule has 3 rings (SSSR count). The molecule has 0 unspecified atom stereocenters. The van der Waals surface area contributed by atoms with Gasteiger partial charge in [-0.15, -0.1) is 0 Å². The second kappa shape index (κ2) is 9.66. The number of carbonyl (C=O) groups excluding carboxylic acids is 3. The van der Waals surface area contributed by atoms with Gasteiger partial charge in [-0.2, -0.15) is 0 Å². The highest BCUT2D eigenvalue weighted by Crippen LogP contribution is 2.36. The molecule has 0 saturated carbocycles. The van der Waals surface area contributed by atoms with Crippen LogP contribution in [0.4, 0.5) is 0 Å². The summed E-state index contributed by atoms with van der Waals surface area (Å²) in [6, 6.07) is 9.21. The monoisotopic (exact) mass is 452 g/mol. The van der Waals surface area contributed by atoms with Gasteiger partial charge in [0.15, 0.2) is 11.6 Å². The minimum absolute atomic E-state index is 0.0830. The van der Waals surface area contributed by atoms with Crippen LogP contribution in [0, 0.1) is 0 Å². The van der Waals surface area contributed by atoms with E-state index in [-0.39, 0.29) is 23.1 Å². The molecule has 164 valence electrons. The predicted octanol–water partition coefficient (Wildman–Crippen LogP) is 5.04. The number of phenolic OH excluding ortho intramolecular Hbond substituents is 2. The molecule has 0 radical (unpaired) electrons. The van der Waals surface area contributed by atoms with Crippen molar-refractivity contribution in [3.63, 3.8) is 0 Å². The number of hydrogen-bond acceptors (Lipinski definition) is 6. The quantitative estimate of drug-likeness (QED) is 0.275. The Morgan fingerprint density at radius 1 is 1.06 bits per heavy atom. The van der Waals surface area contributed by atoms with Crippen molar-refractivity contribution in [2.75, 3.05) is 0 Å². The lowest BCUT2D eigenvalue weighted by Gasteiger charge is -2.23. The number of esters is 1. The van der Waals surface area contributed by atoms with Gasteiger partial charge < -0.3 is 14.9 Å². The summed E-state index contributed by atoms with van der Waals surface area (Å²) in [6.45, 7) is 3.69. The van der Waals surface area contributed by atoms with Crippen LogP contribution in [0.15, 0.2) is 65.8 Å². The minimum Gasteiger partial charge on any atom is -0.507 e. The molecule has 0 saturated heterocycles. The molecule has 0 fully saturated rings. The van der Waals surface area contributed by atoms with Crippen LogP contribution in [0.2, 0.25) is 5.02 Å². The minimum atomic E-state index is -1.07. The Balaban J connectivity index is 1.92. The Morgan fingerprint density at radius 2 is 1.72 bits per heavy atom. The van der Waals surface area contributed by atoms with E-state index in [2.05, 4.69) is 0 Å². The van der Waals surface area contributed by atoms with Crippen LogP contribution >= 0.6 is 11.6 Å². The van der Waals surface area contributed by atoms with E-state index in [4.69, 9.17) is 16.3 Å². The maximum absolute atomic E-state index is 13.1. The normalized spacial score (nSPS) is 14.0. The fraction of sp³-hybridized carbons (Fsp3) is 0.160. The van der Waals surface area contributed by atoms with Gasteiger partial charge in [-0.1, -0.05) is 41.4 Å². The predicted molar refractivity (Wildman–Crippen MR) is 121 cm³/mol. The number of phenols is 2. The first-order valence-electron chi connectivity index (χ1n) is 9.81. The molecule has 0 amide bonds. The van der Waals surface area contributed by atoms with E-state index in [9.17, 15) is 24.6 Å². The smallest absolute Gasteiger partial charge is 0.331 e. The molecule has 32 heavy (non-hydrogen) atoms. The lowest BCUT2D eigenvalue weighted by molar-refractivity contribution is -0.140. The summed E-state index contributed by atoms with van der Waals surface area (Å²) < 4.78 is 5.51. The van der Waals surface area contributed by atoms with E-state index >= 15 is 0 Å². The number of aromatic hydroxyl groups is 2. The maximum Gasteiger partial charge on any atom is 0.331 e. The summed E-state index contributed by atoms with van der Waals surface area (Å²) in [5, 5.41) is 20.6. The summed E-state index contributed by atoms with van der Waals surface area (Å²) in [5.74, 6) is -2.93. The average molecular weight is 453 g/mol. The number of Topliss-reactive ketones (excluding diaryl/α,β-unsaturated/α-hetero) is 1. The van der Waals surface area contributed by atoms with E-state index in [0.29, 0.717) is 10.6 Å². The molecule has 1 atom stereocenters. The van der Waals surface area contributed by atoms with E-state index in [1.54, 1.807) is 30.3 Å². The second-order valence-corrected chi connectivity index (χ2v) is 7.85. The molecule has 7 heteroatoms. The van der Waals surface area contributed by atoms with Gasteiger partial charge in [0.2, 0.25) is 0 Å². The third-order valence-electron chi connectivity index (χ3n) is 4.83. The van der Waals surface area contributed by atoms with E-state index in [1.165, 1.54) is 12.2 Å². The number of ketones is 2. The van der Waals surface area contributed by atoms with Crippen LogP contribution < -0.4 is 0 Å². The molecule has 0 bridgehead atoms. The third-order valence-corrected chi connectivity index (χ3v) is 5.18. The van der Waals surface area contributed by atoms with Gasteiger partial charge in [0.1, 0.15) is 17.6 Å². The molecular weight excluding hydrogens is 432 g/mol. The first-order valence-corrected chi connectivity index (χ1v) is 10.2. The summed E-state index contributed by atoms with van der Waals surface area (Å²) in [5.41, 5.74) is 0.876. The Labute approximate surface area is 190 Å². The van der Waals surface area contributed by atoms with Gasteiger partial charge in [0, 0.05) is 23.1 Å². The van der Waals surface area contributed by atoms with Crippen LogP contribution in [0.5, 0.6) is 11.5 Å². The Kier molecular flexibility index (Phi) is 6.95. The fourth-order valence-corrected chi connectivity index (χ4v) is 3.45. The topological polar surface area (TPSA) is 101 Å². The highest BCUT2D eigenvalue weighted by Gasteiger charge is 2.35. The van der Waals surface area contributed by atoms with Crippen molar-refractivity contribution in [3.8, 4) is 11.5 Å². The molecule has 2 aromatic carbocycles. The van der Waals surface area contributed by atoms with Gasteiger partial charge in [-0.05, 0) is 49.8 Å². The molecule has 0 spiro atoms. The highest BCUT2D eigenvalue weighted by molar-refractivity contribution is 6.32. The maximum atomic E-state index is 13.1. The zero-order valence-corrected chi connectivity index (χ0v) is 18.2. The number of allylic oxidation sites excluding steroid dienone is 2. The molecule has 2 aromatic rings. The summed E-state index contributed by atoms with van der Waals surface area (Å²) in [4.78, 5) is 38.2. The zero-order chi connectivity index (χ0) is 23.4. The van der Waals surface area contributed by atoms with Crippen molar-refractivity contribution in [1.29, 1.82) is 0 Å². The zero-order valence-electron chi connectivity index (χ0n) is 17.5. The Morgan fingerprint density at radius 3 is 2.38 bits per heavy atom. The first kappa shape index (κ1) is 23.0. The fourth-order valence-electron chi connectivity index (χ4n) is 3.25. The molecular formula is C25H21ClO6. The number of ether oxygens (including phenoxy) is 1. The third kappa shape index (κ3) is 4.98. The molecule has 6 nitrogen and oxygen atoms in total. The van der Waals surface area contributed by atoms with Crippen LogP contribution in [0.25, 0.3) is 6.08 Å². The van der Waals surface area contributed by atoms with Gasteiger partial charge in [-0.3, -0.25) is 9.59 Å². The number of carbonyl (C=O) groups is 3. The first-order chi connectivity index (χ1) is 15.2. The average Bonchev–Trinajstić information content (AvgIpc) is 2.74. The standard InChI is InChI=1S/C25H21ClO6/c1-14(2)7-11-21(32-22(30)12-8-15-5-3-4-6-17(15)26)16-13-20(29)23-18(27)9-10-19(28)24(23)25(16)31/h3-10,12-13,21,27-28H,11H2,1-2H3/b12-8+/t21-/m1/s1. The number of rotatable bonds is 6. The number of benzene rings is 2. The SMILES string of the molecule is CC(C)=CC[C@@H](OC(=O)/C=C/c1ccccc1Cl)C1=CC(=O)c2c(O)ccc(O)c2C1=O. The van der Waals surface area contributed by atoms with Crippen molar-refractivity contribution in [3.05, 3.63) is 87.5 Å². The van der Waals surface area contributed by atoms with E-state index in [1.807, 2.05) is 13.8 Å². The van der Waals surface area contributed by atoms with Gasteiger partial charge >= 0.3 is 5.97 Å². The number of fused-ring (bicyclic) bond motifs is 1. The molecule has 0 aliphatic heterocycles. The molecule has 2 N–H and O–H groups in total. The lowest BCUT2D eigenvalue weighted by Crippen LogP contribution is -2.28. The summed E-state index contributed by atoms with van der Waals surface area (Å²) in [7, 11) is 0. The van der Waals surface area contributed by atoms with E-state index in [0.717, 1.165) is 23.8 Å². The van der Waals surface area contributed by atoms with Crippen molar-refractivity contribution in [2.45, 2.75) is 26.4 Å². The largest absolute Gasteiger partial charge is 0.507 e. The van der Waals surface area contributed by atoms with Gasteiger partial charge in [0.25, 0.3) is 0 Å². The second-order valence-electron chi connectivity index (χ2n) is 7.44. The number of halogens is 1. The van der Waals surface area contributed by atoms with Crippen LogP contribution in [0.1, 0.15) is 46.5 Å². The molecule has 0 heterocycles. The molecule has 1 aliphatic rings. The number of hydrogen-bond donors (Lipinski definition) is 2. The van der Waals surface area contributed by atoms with Gasteiger partial charge in [0.05, 0.1) is 11.1 Å². The molecule has 0 aromatic heterocycles. The summed E-state index contributed by atoms with van der Waals surface area (Å²) in [6.07, 6.45) is 4.56. The highest BCUT2D eigenvalue weighted by atomic mass is 35.5. The Bertz CT molecular complexity index is 1180. The van der Waals surface area contributed by atoms with Crippen LogP contribution in [-0.4, -0.2) is 33.9 Å². The van der Waals surface area contributed by atoms with Crippen molar-refractivity contribution >= 4 is 35.2 Å². The van der Waals surface area contributed by atoms with Crippen LogP contribution in [-0.2, 0) is 9.53 Å². The van der Waals surface area contributed by atoms with Crippen molar-refractivity contribution in [1.82, 2.24) is 0 Å². The van der Waals surface area contributed by atoms with E-state index < -0.39 is 35.1 Å². The molecule has 1 aliphatic carbocycles. The van der Waals surface area contributed by atoms with Crippen molar-refractivity contribution in [2.24, 2.45) is 0 Å². The van der Waals surface area contributed by atoms with Gasteiger partial charge in [-0.25, -0.2) is 4.79 Å². The van der Waals surface area contributed by atoms with Crippen LogP contribution in [0.3, 0.4) is 0 Å².